The maximum absolute atomic E-state index is 12.5. The third-order valence-electron chi connectivity index (χ3n) is 3.71. The lowest BCUT2D eigenvalue weighted by molar-refractivity contribution is 0.203. The van der Waals surface area contributed by atoms with Gasteiger partial charge in [-0.15, -0.1) is 11.3 Å². The Bertz CT molecular complexity index is 787. The highest BCUT2D eigenvalue weighted by molar-refractivity contribution is 7.89. The minimum absolute atomic E-state index is 0.245. The second-order valence-electron chi connectivity index (χ2n) is 5.72. The molecule has 1 aromatic carbocycles. The number of methoxy groups -OCH3 is 1. The minimum atomic E-state index is -3.56. The van der Waals surface area contributed by atoms with Crippen molar-refractivity contribution in [2.75, 3.05) is 13.7 Å². The van der Waals surface area contributed by atoms with Crippen molar-refractivity contribution in [3.63, 3.8) is 0 Å². The summed E-state index contributed by atoms with van der Waals surface area (Å²) in [5, 5.41) is 9.52. The molecule has 0 amide bonds. The predicted octanol–water partition coefficient (Wildman–Crippen LogP) is 2.95. The van der Waals surface area contributed by atoms with Crippen molar-refractivity contribution in [1.82, 2.24) is 4.72 Å². The highest BCUT2D eigenvalue weighted by Crippen LogP contribution is 2.26. The van der Waals surface area contributed by atoms with Crippen LogP contribution in [0.5, 0.6) is 5.75 Å². The lowest BCUT2D eigenvalue weighted by atomic mass is 10.1. The number of benzene rings is 1. The second-order valence-corrected chi connectivity index (χ2v) is 8.69. The molecule has 0 saturated heterocycles. The monoisotopic (exact) mass is 369 g/mol. The Morgan fingerprint density at radius 3 is 2.38 bits per heavy atom. The summed E-state index contributed by atoms with van der Waals surface area (Å²) < 4.78 is 32.8. The van der Waals surface area contributed by atoms with E-state index in [2.05, 4.69) is 4.72 Å². The molecule has 1 heterocycles. The number of sulfonamides is 1. The Morgan fingerprint density at radius 1 is 1.25 bits per heavy atom. The van der Waals surface area contributed by atoms with Gasteiger partial charge >= 0.3 is 0 Å². The molecule has 1 aromatic heterocycles. The molecule has 1 atom stereocenters. The van der Waals surface area contributed by atoms with E-state index in [0.717, 1.165) is 20.9 Å². The van der Waals surface area contributed by atoms with Crippen molar-refractivity contribution in [2.24, 2.45) is 0 Å². The highest BCUT2D eigenvalue weighted by atomic mass is 32.2. The normalized spacial score (nSPS) is 13.0. The molecule has 5 nitrogen and oxygen atoms in total. The molecular weight excluding hydrogens is 346 g/mol. The molecule has 24 heavy (non-hydrogen) atoms. The number of rotatable bonds is 7. The number of hydrogen-bond donors (Lipinski definition) is 2. The van der Waals surface area contributed by atoms with Crippen LogP contribution in [0.15, 0.2) is 29.2 Å². The molecule has 0 aliphatic rings. The van der Waals surface area contributed by atoms with Crippen LogP contribution >= 0.6 is 11.3 Å². The first kappa shape index (κ1) is 18.9. The zero-order chi connectivity index (χ0) is 17.9. The highest BCUT2D eigenvalue weighted by Gasteiger charge is 2.17. The number of ether oxygens (including phenoxy) is 1. The van der Waals surface area contributed by atoms with Crippen LogP contribution < -0.4 is 9.46 Å². The molecule has 0 aliphatic heterocycles. The summed E-state index contributed by atoms with van der Waals surface area (Å²) in [6, 6.07) is 7.02. The molecule has 2 N–H and O–H groups in total. The van der Waals surface area contributed by atoms with Gasteiger partial charge < -0.3 is 9.84 Å². The van der Waals surface area contributed by atoms with Crippen molar-refractivity contribution in [1.29, 1.82) is 0 Å². The van der Waals surface area contributed by atoms with Crippen molar-refractivity contribution >= 4 is 21.4 Å². The maximum Gasteiger partial charge on any atom is 0.240 e. The van der Waals surface area contributed by atoms with Gasteiger partial charge in [-0.25, -0.2) is 13.1 Å². The topological polar surface area (TPSA) is 75.6 Å². The fourth-order valence-electron chi connectivity index (χ4n) is 2.53. The lowest BCUT2D eigenvalue weighted by Crippen LogP contribution is -2.26. The van der Waals surface area contributed by atoms with Crippen molar-refractivity contribution in [3.05, 3.63) is 45.1 Å². The number of hydrogen-bond acceptors (Lipinski definition) is 5. The average molecular weight is 370 g/mol. The standard InChI is InChI=1S/C17H23NO4S2/c1-11-9-15(10-12(2)17(11)22-4)24(20,21)18-8-7-14-5-6-16(23-14)13(3)19/h5-6,9-10,13,18-19H,7-8H2,1-4H3/t13-/m0/s1. The van der Waals surface area contributed by atoms with Gasteiger partial charge in [0, 0.05) is 16.3 Å². The first-order valence-electron chi connectivity index (χ1n) is 7.66. The molecule has 0 unspecified atom stereocenters. The first-order chi connectivity index (χ1) is 11.2. The molecule has 7 heteroatoms. The Hall–Kier alpha value is -1.41. The van der Waals surface area contributed by atoms with E-state index in [-0.39, 0.29) is 4.90 Å². The van der Waals surface area contributed by atoms with Gasteiger partial charge in [0.05, 0.1) is 18.1 Å². The lowest BCUT2D eigenvalue weighted by Gasteiger charge is -2.12. The van der Waals surface area contributed by atoms with E-state index in [1.54, 1.807) is 26.2 Å². The van der Waals surface area contributed by atoms with Gasteiger partial charge in [-0.05, 0) is 62.6 Å². The number of aliphatic hydroxyl groups excluding tert-OH is 1. The number of thiophene rings is 1. The Kier molecular flexibility index (Phi) is 6.03. The smallest absolute Gasteiger partial charge is 0.240 e. The molecule has 0 saturated carbocycles. The summed E-state index contributed by atoms with van der Waals surface area (Å²) >= 11 is 1.50. The van der Waals surface area contributed by atoms with Gasteiger partial charge in [0.1, 0.15) is 5.75 Å². The molecule has 0 aliphatic carbocycles. The third-order valence-corrected chi connectivity index (χ3v) is 6.46. The van der Waals surface area contributed by atoms with Gasteiger partial charge in [-0.1, -0.05) is 0 Å². The van der Waals surface area contributed by atoms with Gasteiger partial charge in [-0.2, -0.15) is 0 Å². The zero-order valence-electron chi connectivity index (χ0n) is 14.3. The third kappa shape index (κ3) is 4.36. The largest absolute Gasteiger partial charge is 0.496 e. The van der Waals surface area contributed by atoms with Crippen LogP contribution in [0.4, 0.5) is 0 Å². The van der Waals surface area contributed by atoms with E-state index < -0.39 is 16.1 Å². The fourth-order valence-corrected chi connectivity index (χ4v) is 4.68. The summed E-state index contributed by atoms with van der Waals surface area (Å²) in [6.07, 6.45) is 0.0933. The van der Waals surface area contributed by atoms with Crippen LogP contribution in [0, 0.1) is 13.8 Å². The number of aryl methyl sites for hydroxylation is 2. The molecule has 2 rings (SSSR count). The van der Waals surface area contributed by atoms with Crippen molar-refractivity contribution in [3.8, 4) is 5.75 Å². The van der Waals surface area contributed by atoms with Crippen molar-refractivity contribution in [2.45, 2.75) is 38.2 Å². The van der Waals surface area contributed by atoms with Gasteiger partial charge in [0.2, 0.25) is 10.0 Å². The average Bonchev–Trinajstić information content (AvgIpc) is 2.96. The molecule has 2 aromatic rings. The van der Waals surface area contributed by atoms with Gasteiger partial charge in [0.25, 0.3) is 0 Å². The molecular formula is C17H23NO4S2. The predicted molar refractivity (Wildman–Crippen MR) is 96.3 cm³/mol. The van der Waals surface area contributed by atoms with Crippen LogP contribution in [-0.4, -0.2) is 27.2 Å². The number of aliphatic hydroxyl groups is 1. The molecule has 0 radical (unpaired) electrons. The Labute approximate surface area is 147 Å². The molecule has 0 fully saturated rings. The zero-order valence-corrected chi connectivity index (χ0v) is 15.9. The quantitative estimate of drug-likeness (QED) is 0.787. The van der Waals surface area contributed by atoms with Crippen LogP contribution in [0.25, 0.3) is 0 Å². The van der Waals surface area contributed by atoms with Crippen LogP contribution in [0.1, 0.15) is 33.9 Å². The summed E-state index contributed by atoms with van der Waals surface area (Å²) in [4.78, 5) is 2.17. The van der Waals surface area contributed by atoms with E-state index in [0.29, 0.717) is 18.7 Å². The number of nitrogens with one attached hydrogen (secondary N) is 1. The van der Waals surface area contributed by atoms with E-state index in [9.17, 15) is 13.5 Å². The van der Waals surface area contributed by atoms with Crippen molar-refractivity contribution < 1.29 is 18.3 Å². The molecule has 0 bridgehead atoms. The molecule has 132 valence electrons. The minimum Gasteiger partial charge on any atom is -0.496 e. The van der Waals surface area contributed by atoms with E-state index >= 15 is 0 Å². The fraction of sp³-hybridized carbons (Fsp3) is 0.412. The maximum atomic E-state index is 12.5. The van der Waals surface area contributed by atoms with Crippen LogP contribution in [0.2, 0.25) is 0 Å². The van der Waals surface area contributed by atoms with Gasteiger partial charge in [-0.3, -0.25) is 0 Å². The second kappa shape index (κ2) is 7.65. The van der Waals surface area contributed by atoms with E-state index in [1.807, 2.05) is 26.0 Å². The first-order valence-corrected chi connectivity index (χ1v) is 9.96. The SMILES string of the molecule is COc1c(C)cc(S(=O)(=O)NCCc2ccc([C@H](C)O)s2)cc1C. The van der Waals surface area contributed by atoms with Gasteiger partial charge in [0.15, 0.2) is 0 Å². The summed E-state index contributed by atoms with van der Waals surface area (Å²) in [5.41, 5.74) is 1.58. The van der Waals surface area contributed by atoms with Crippen LogP contribution in [-0.2, 0) is 16.4 Å². The Morgan fingerprint density at radius 2 is 1.88 bits per heavy atom. The summed E-state index contributed by atoms with van der Waals surface area (Å²) in [5.74, 6) is 0.707. The Balaban J connectivity index is 2.06. The summed E-state index contributed by atoms with van der Waals surface area (Å²) in [7, 11) is -1.99. The summed E-state index contributed by atoms with van der Waals surface area (Å²) in [6.45, 7) is 5.68. The van der Waals surface area contributed by atoms with E-state index in [4.69, 9.17) is 4.74 Å². The van der Waals surface area contributed by atoms with E-state index in [1.165, 1.54) is 11.3 Å². The van der Waals surface area contributed by atoms with Crippen LogP contribution in [0.3, 0.4) is 0 Å². The molecule has 0 spiro atoms.